The van der Waals surface area contributed by atoms with E-state index in [0.29, 0.717) is 6.54 Å². The molecule has 6 heteroatoms. The third-order valence-corrected chi connectivity index (χ3v) is 4.07. The van der Waals surface area contributed by atoms with E-state index in [1.54, 1.807) is 30.4 Å². The van der Waals surface area contributed by atoms with E-state index < -0.39 is 5.92 Å². The fraction of sp³-hybridized carbons (Fsp3) is 0.211. The maximum Gasteiger partial charge on any atom is 0.245 e. The van der Waals surface area contributed by atoms with E-state index in [9.17, 15) is 9.59 Å². The standard InChI is InChI=1S/C19H19N3O3/c1-25-17-9-7-16(8-10-17)22-13-15(11-18(22)23)19(24)21-20-12-14-5-3-2-4-6-14/h2-10,12,15H,11,13H2,1H3,(H,21,24)/b20-12+. The van der Waals surface area contributed by atoms with Crippen LogP contribution in [0.1, 0.15) is 12.0 Å². The lowest BCUT2D eigenvalue weighted by molar-refractivity contribution is -0.126. The van der Waals surface area contributed by atoms with Gasteiger partial charge < -0.3 is 9.64 Å². The molecule has 25 heavy (non-hydrogen) atoms. The first kappa shape index (κ1) is 16.7. The third-order valence-electron chi connectivity index (χ3n) is 4.07. The van der Waals surface area contributed by atoms with Crippen molar-refractivity contribution in [3.05, 3.63) is 60.2 Å². The predicted molar refractivity (Wildman–Crippen MR) is 95.6 cm³/mol. The van der Waals surface area contributed by atoms with Gasteiger partial charge in [-0.1, -0.05) is 30.3 Å². The zero-order chi connectivity index (χ0) is 17.6. The summed E-state index contributed by atoms with van der Waals surface area (Å²) < 4.78 is 5.12. The number of carbonyl (C=O) groups is 2. The second-order valence-corrected chi connectivity index (χ2v) is 5.75. The second kappa shape index (κ2) is 7.61. The number of ether oxygens (including phenoxy) is 1. The van der Waals surface area contributed by atoms with Crippen LogP contribution in [-0.2, 0) is 9.59 Å². The minimum absolute atomic E-state index is 0.0719. The van der Waals surface area contributed by atoms with Crippen molar-refractivity contribution >= 4 is 23.7 Å². The minimum atomic E-state index is -0.414. The third kappa shape index (κ3) is 4.03. The summed E-state index contributed by atoms with van der Waals surface area (Å²) in [5.74, 6) is -0.0173. The van der Waals surface area contributed by atoms with Crippen molar-refractivity contribution in [3.8, 4) is 5.75 Å². The summed E-state index contributed by atoms with van der Waals surface area (Å²) in [6, 6.07) is 16.7. The van der Waals surface area contributed by atoms with E-state index in [1.807, 2.05) is 42.5 Å². The molecule has 128 valence electrons. The highest BCUT2D eigenvalue weighted by atomic mass is 16.5. The average Bonchev–Trinajstić information content (AvgIpc) is 3.04. The van der Waals surface area contributed by atoms with E-state index in [1.165, 1.54) is 0 Å². The molecule has 2 aromatic rings. The summed E-state index contributed by atoms with van der Waals surface area (Å²) in [4.78, 5) is 26.1. The Kier molecular flexibility index (Phi) is 5.09. The number of nitrogens with one attached hydrogen (secondary N) is 1. The van der Waals surface area contributed by atoms with E-state index >= 15 is 0 Å². The van der Waals surface area contributed by atoms with Gasteiger partial charge in [0.1, 0.15) is 5.75 Å². The Bertz CT molecular complexity index is 772. The number of anilines is 1. The van der Waals surface area contributed by atoms with Gasteiger partial charge in [0.25, 0.3) is 0 Å². The smallest absolute Gasteiger partial charge is 0.245 e. The molecule has 1 aliphatic heterocycles. The van der Waals surface area contributed by atoms with Crippen molar-refractivity contribution < 1.29 is 14.3 Å². The number of nitrogens with zero attached hydrogens (tertiary/aromatic N) is 2. The van der Waals surface area contributed by atoms with Gasteiger partial charge in [-0.25, -0.2) is 5.43 Å². The lowest BCUT2D eigenvalue weighted by Crippen LogP contribution is -2.30. The van der Waals surface area contributed by atoms with Gasteiger partial charge >= 0.3 is 0 Å². The van der Waals surface area contributed by atoms with Gasteiger partial charge in [0.15, 0.2) is 0 Å². The monoisotopic (exact) mass is 337 g/mol. The van der Waals surface area contributed by atoms with Gasteiger partial charge in [0, 0.05) is 18.7 Å². The Morgan fingerprint density at radius 1 is 1.20 bits per heavy atom. The fourth-order valence-corrected chi connectivity index (χ4v) is 2.70. The molecule has 1 atom stereocenters. The van der Waals surface area contributed by atoms with Crippen molar-refractivity contribution in [3.63, 3.8) is 0 Å². The Hall–Kier alpha value is -3.15. The number of hydrazone groups is 1. The number of rotatable bonds is 5. The van der Waals surface area contributed by atoms with E-state index in [-0.39, 0.29) is 18.2 Å². The van der Waals surface area contributed by atoms with E-state index in [2.05, 4.69) is 10.5 Å². The minimum Gasteiger partial charge on any atom is -0.497 e. The average molecular weight is 337 g/mol. The van der Waals surface area contributed by atoms with Gasteiger partial charge in [0.05, 0.1) is 19.2 Å². The Labute approximate surface area is 146 Å². The number of hydrogen-bond donors (Lipinski definition) is 1. The predicted octanol–water partition coefficient (Wildman–Crippen LogP) is 2.20. The Balaban J connectivity index is 1.59. The van der Waals surface area contributed by atoms with Crippen LogP contribution >= 0.6 is 0 Å². The van der Waals surface area contributed by atoms with Crippen LogP contribution in [0.15, 0.2) is 59.7 Å². The molecule has 0 spiro atoms. The number of benzene rings is 2. The second-order valence-electron chi connectivity index (χ2n) is 5.75. The van der Waals surface area contributed by atoms with Crippen molar-refractivity contribution in [1.29, 1.82) is 0 Å². The van der Waals surface area contributed by atoms with Gasteiger partial charge in [-0.15, -0.1) is 0 Å². The molecule has 0 saturated carbocycles. The normalized spacial score (nSPS) is 17.1. The maximum atomic E-state index is 12.2. The molecular weight excluding hydrogens is 318 g/mol. The van der Waals surface area contributed by atoms with Crippen LogP contribution in [0, 0.1) is 5.92 Å². The lowest BCUT2D eigenvalue weighted by Gasteiger charge is -2.16. The van der Waals surface area contributed by atoms with E-state index in [4.69, 9.17) is 4.74 Å². The molecule has 1 N–H and O–H groups in total. The van der Waals surface area contributed by atoms with Crippen LogP contribution in [0.5, 0.6) is 5.75 Å². The molecule has 1 heterocycles. The first-order chi connectivity index (χ1) is 12.2. The van der Waals surface area contributed by atoms with E-state index in [0.717, 1.165) is 17.0 Å². The molecule has 2 aromatic carbocycles. The number of hydrogen-bond acceptors (Lipinski definition) is 4. The zero-order valence-corrected chi connectivity index (χ0v) is 13.9. The lowest BCUT2D eigenvalue weighted by atomic mass is 10.1. The number of carbonyl (C=O) groups excluding carboxylic acids is 2. The van der Waals surface area contributed by atoms with Crippen molar-refractivity contribution in [1.82, 2.24) is 5.43 Å². The first-order valence-corrected chi connectivity index (χ1v) is 8.00. The summed E-state index contributed by atoms with van der Waals surface area (Å²) in [6.07, 6.45) is 1.76. The molecular formula is C19H19N3O3. The quantitative estimate of drug-likeness (QED) is 0.672. The molecule has 0 bridgehead atoms. The maximum absolute atomic E-state index is 12.2. The van der Waals surface area contributed by atoms with Crippen molar-refractivity contribution in [2.24, 2.45) is 11.0 Å². The summed E-state index contributed by atoms with van der Waals surface area (Å²) >= 11 is 0. The summed E-state index contributed by atoms with van der Waals surface area (Å²) in [7, 11) is 1.59. The zero-order valence-electron chi connectivity index (χ0n) is 13.9. The topological polar surface area (TPSA) is 71.0 Å². The highest BCUT2D eigenvalue weighted by molar-refractivity contribution is 6.00. The van der Waals surface area contributed by atoms with Gasteiger partial charge in [-0.05, 0) is 29.8 Å². The first-order valence-electron chi connectivity index (χ1n) is 8.00. The van der Waals surface area contributed by atoms with Crippen molar-refractivity contribution in [2.45, 2.75) is 6.42 Å². The van der Waals surface area contributed by atoms with Crippen molar-refractivity contribution in [2.75, 3.05) is 18.6 Å². The number of amides is 2. The fourth-order valence-electron chi connectivity index (χ4n) is 2.70. The molecule has 1 fully saturated rings. The van der Waals surface area contributed by atoms with Crippen LogP contribution in [0.3, 0.4) is 0 Å². The SMILES string of the molecule is COc1ccc(N2CC(C(=O)N/N=C/c3ccccc3)CC2=O)cc1. The van der Waals surface area contributed by atoms with Crippen LogP contribution in [0.2, 0.25) is 0 Å². The number of methoxy groups -OCH3 is 1. The largest absolute Gasteiger partial charge is 0.497 e. The van der Waals surface area contributed by atoms with Gasteiger partial charge in [-0.2, -0.15) is 5.10 Å². The highest BCUT2D eigenvalue weighted by Gasteiger charge is 2.35. The van der Waals surface area contributed by atoms with Crippen LogP contribution < -0.4 is 15.1 Å². The molecule has 0 aromatic heterocycles. The Morgan fingerprint density at radius 2 is 1.92 bits per heavy atom. The summed E-state index contributed by atoms with van der Waals surface area (Å²) in [5, 5.41) is 3.96. The molecule has 0 aliphatic carbocycles. The molecule has 1 saturated heterocycles. The molecule has 1 aliphatic rings. The summed E-state index contributed by atoms with van der Waals surface area (Å²) in [6.45, 7) is 0.345. The van der Waals surface area contributed by atoms with Crippen LogP contribution in [0.25, 0.3) is 0 Å². The molecule has 1 unspecified atom stereocenters. The summed E-state index contributed by atoms with van der Waals surface area (Å²) in [5.41, 5.74) is 4.17. The Morgan fingerprint density at radius 3 is 2.60 bits per heavy atom. The van der Waals surface area contributed by atoms with Gasteiger partial charge in [-0.3, -0.25) is 9.59 Å². The molecule has 3 rings (SSSR count). The molecule has 6 nitrogen and oxygen atoms in total. The van der Waals surface area contributed by atoms with Crippen LogP contribution in [0.4, 0.5) is 5.69 Å². The van der Waals surface area contributed by atoms with Crippen LogP contribution in [-0.4, -0.2) is 31.7 Å². The highest BCUT2D eigenvalue weighted by Crippen LogP contribution is 2.26. The molecule has 0 radical (unpaired) electrons. The molecule has 2 amide bonds. The van der Waals surface area contributed by atoms with Gasteiger partial charge in [0.2, 0.25) is 11.8 Å².